The highest BCUT2D eigenvalue weighted by atomic mass is 35.5. The molecule has 1 unspecified atom stereocenters. The Kier molecular flexibility index (Phi) is 6.19. The van der Waals surface area contributed by atoms with E-state index >= 15 is 0 Å². The fourth-order valence-electron chi connectivity index (χ4n) is 2.82. The minimum atomic E-state index is 0.276. The highest BCUT2D eigenvalue weighted by molar-refractivity contribution is 6.31. The molecule has 0 spiro atoms. The second-order valence-corrected chi connectivity index (χ2v) is 5.97. The SMILES string of the molecule is CCOc1cc(Cl)c(C(CC2CCC2)NC)cc1OCC. The lowest BCUT2D eigenvalue weighted by Gasteiger charge is -2.30. The molecule has 118 valence electrons. The summed E-state index contributed by atoms with van der Waals surface area (Å²) in [5.41, 5.74) is 1.11. The van der Waals surface area contributed by atoms with Crippen molar-refractivity contribution in [3.05, 3.63) is 22.7 Å². The second kappa shape index (κ2) is 7.90. The molecule has 2 rings (SSSR count). The summed E-state index contributed by atoms with van der Waals surface area (Å²) in [7, 11) is 2.00. The minimum absolute atomic E-state index is 0.276. The molecule has 1 saturated carbocycles. The van der Waals surface area contributed by atoms with Crippen molar-refractivity contribution in [3.63, 3.8) is 0 Å². The van der Waals surface area contributed by atoms with Gasteiger partial charge in [-0.2, -0.15) is 0 Å². The first-order valence-electron chi connectivity index (χ1n) is 7.95. The maximum absolute atomic E-state index is 6.48. The van der Waals surface area contributed by atoms with Gasteiger partial charge >= 0.3 is 0 Å². The van der Waals surface area contributed by atoms with Gasteiger partial charge in [-0.15, -0.1) is 0 Å². The van der Waals surface area contributed by atoms with Crippen LogP contribution in [0.1, 0.15) is 51.1 Å². The second-order valence-electron chi connectivity index (χ2n) is 5.56. The Hall–Kier alpha value is -0.930. The van der Waals surface area contributed by atoms with Crippen LogP contribution in [-0.4, -0.2) is 20.3 Å². The Morgan fingerprint density at radius 2 is 1.81 bits per heavy atom. The molecule has 0 bridgehead atoms. The fraction of sp³-hybridized carbons (Fsp3) is 0.647. The van der Waals surface area contributed by atoms with E-state index < -0.39 is 0 Å². The van der Waals surface area contributed by atoms with Gasteiger partial charge in [-0.3, -0.25) is 0 Å². The van der Waals surface area contributed by atoms with Crippen LogP contribution in [0.25, 0.3) is 0 Å². The highest BCUT2D eigenvalue weighted by Crippen LogP contribution is 2.40. The van der Waals surface area contributed by atoms with Gasteiger partial charge < -0.3 is 14.8 Å². The van der Waals surface area contributed by atoms with Gasteiger partial charge in [0.2, 0.25) is 0 Å². The van der Waals surface area contributed by atoms with E-state index in [0.717, 1.165) is 34.4 Å². The lowest BCUT2D eigenvalue weighted by Crippen LogP contribution is -2.23. The molecule has 1 atom stereocenters. The number of hydrogen-bond acceptors (Lipinski definition) is 3. The molecule has 21 heavy (non-hydrogen) atoms. The Balaban J connectivity index is 2.25. The largest absolute Gasteiger partial charge is 0.490 e. The van der Waals surface area contributed by atoms with Crippen LogP contribution in [0.2, 0.25) is 5.02 Å². The van der Waals surface area contributed by atoms with Crippen molar-refractivity contribution in [2.75, 3.05) is 20.3 Å². The first-order valence-corrected chi connectivity index (χ1v) is 8.33. The Labute approximate surface area is 133 Å². The highest BCUT2D eigenvalue weighted by Gasteiger charge is 2.24. The average Bonchev–Trinajstić information content (AvgIpc) is 2.42. The van der Waals surface area contributed by atoms with E-state index in [0.29, 0.717) is 13.2 Å². The fourth-order valence-corrected chi connectivity index (χ4v) is 3.10. The van der Waals surface area contributed by atoms with Gasteiger partial charge in [0.15, 0.2) is 11.5 Å². The summed E-state index contributed by atoms with van der Waals surface area (Å²) in [6.07, 6.45) is 5.17. The molecule has 0 aromatic heterocycles. The predicted octanol–water partition coefficient (Wildman–Crippen LogP) is 4.59. The van der Waals surface area contributed by atoms with Crippen molar-refractivity contribution in [1.82, 2.24) is 5.32 Å². The van der Waals surface area contributed by atoms with Gasteiger partial charge in [0.25, 0.3) is 0 Å². The zero-order chi connectivity index (χ0) is 15.2. The third-order valence-electron chi connectivity index (χ3n) is 4.18. The quantitative estimate of drug-likeness (QED) is 0.761. The number of rotatable bonds is 8. The molecule has 1 fully saturated rings. The van der Waals surface area contributed by atoms with E-state index in [-0.39, 0.29) is 6.04 Å². The zero-order valence-electron chi connectivity index (χ0n) is 13.2. The number of halogens is 1. The summed E-state index contributed by atoms with van der Waals surface area (Å²) < 4.78 is 11.3. The summed E-state index contributed by atoms with van der Waals surface area (Å²) in [6, 6.07) is 4.20. The average molecular weight is 312 g/mol. The van der Waals surface area contributed by atoms with Gasteiger partial charge in [0.1, 0.15) is 0 Å². The van der Waals surface area contributed by atoms with E-state index in [2.05, 4.69) is 5.32 Å². The van der Waals surface area contributed by atoms with Crippen LogP contribution in [-0.2, 0) is 0 Å². The van der Waals surface area contributed by atoms with E-state index in [9.17, 15) is 0 Å². The summed E-state index contributed by atoms with van der Waals surface area (Å²) in [6.45, 7) is 5.17. The van der Waals surface area contributed by atoms with Crippen molar-refractivity contribution >= 4 is 11.6 Å². The van der Waals surface area contributed by atoms with Gasteiger partial charge in [-0.25, -0.2) is 0 Å². The first-order chi connectivity index (χ1) is 10.2. The molecule has 3 nitrogen and oxygen atoms in total. The first kappa shape index (κ1) is 16.4. The van der Waals surface area contributed by atoms with Crippen LogP contribution in [0, 0.1) is 5.92 Å². The molecule has 1 aliphatic carbocycles. The molecular weight excluding hydrogens is 286 g/mol. The van der Waals surface area contributed by atoms with E-state index in [1.807, 2.05) is 33.0 Å². The Morgan fingerprint density at radius 3 is 2.29 bits per heavy atom. The molecule has 1 aliphatic rings. The molecule has 4 heteroatoms. The summed E-state index contributed by atoms with van der Waals surface area (Å²) in [5, 5.41) is 4.15. The predicted molar refractivity (Wildman–Crippen MR) is 87.5 cm³/mol. The summed E-state index contributed by atoms with van der Waals surface area (Å²) in [5.74, 6) is 2.33. The Morgan fingerprint density at radius 1 is 1.19 bits per heavy atom. The topological polar surface area (TPSA) is 30.5 Å². The van der Waals surface area contributed by atoms with Crippen LogP contribution < -0.4 is 14.8 Å². The van der Waals surface area contributed by atoms with E-state index in [4.69, 9.17) is 21.1 Å². The summed E-state index contributed by atoms with van der Waals surface area (Å²) in [4.78, 5) is 0. The van der Waals surface area contributed by atoms with Crippen LogP contribution >= 0.6 is 11.6 Å². The van der Waals surface area contributed by atoms with Crippen molar-refractivity contribution in [2.24, 2.45) is 5.92 Å². The maximum Gasteiger partial charge on any atom is 0.162 e. The van der Waals surface area contributed by atoms with Crippen LogP contribution in [0.5, 0.6) is 11.5 Å². The standard InChI is InChI=1S/C17H26ClNO2/c1-4-20-16-10-13(14(18)11-17(16)21-5-2)15(19-3)9-12-7-6-8-12/h10-12,15,19H,4-9H2,1-3H3. The Bertz CT molecular complexity index is 460. The normalized spacial score (nSPS) is 16.4. The monoisotopic (exact) mass is 311 g/mol. The molecular formula is C17H26ClNO2. The molecule has 1 aromatic carbocycles. The number of benzene rings is 1. The smallest absolute Gasteiger partial charge is 0.162 e. The number of hydrogen-bond donors (Lipinski definition) is 1. The third kappa shape index (κ3) is 4.04. The van der Waals surface area contributed by atoms with Gasteiger partial charge in [-0.05, 0) is 44.9 Å². The molecule has 0 aliphatic heterocycles. The van der Waals surface area contributed by atoms with Crippen LogP contribution in [0.4, 0.5) is 0 Å². The molecule has 0 amide bonds. The lowest BCUT2D eigenvalue weighted by atomic mass is 9.79. The summed E-state index contributed by atoms with van der Waals surface area (Å²) >= 11 is 6.48. The van der Waals surface area contributed by atoms with Gasteiger partial charge in [-0.1, -0.05) is 30.9 Å². The lowest BCUT2D eigenvalue weighted by molar-refractivity contribution is 0.264. The maximum atomic E-state index is 6.48. The molecule has 0 saturated heterocycles. The minimum Gasteiger partial charge on any atom is -0.490 e. The third-order valence-corrected chi connectivity index (χ3v) is 4.51. The molecule has 0 radical (unpaired) electrons. The molecule has 0 heterocycles. The van der Waals surface area contributed by atoms with E-state index in [1.54, 1.807) is 0 Å². The van der Waals surface area contributed by atoms with E-state index in [1.165, 1.54) is 19.3 Å². The molecule has 1 aromatic rings. The van der Waals surface area contributed by atoms with Crippen molar-refractivity contribution < 1.29 is 9.47 Å². The van der Waals surface area contributed by atoms with Crippen molar-refractivity contribution in [3.8, 4) is 11.5 Å². The van der Waals surface area contributed by atoms with Gasteiger partial charge in [0.05, 0.1) is 13.2 Å². The molecule has 1 N–H and O–H groups in total. The van der Waals surface area contributed by atoms with Crippen LogP contribution in [0.3, 0.4) is 0 Å². The van der Waals surface area contributed by atoms with Crippen molar-refractivity contribution in [2.45, 2.75) is 45.6 Å². The van der Waals surface area contributed by atoms with Gasteiger partial charge in [0, 0.05) is 17.1 Å². The van der Waals surface area contributed by atoms with Crippen LogP contribution in [0.15, 0.2) is 12.1 Å². The number of ether oxygens (including phenoxy) is 2. The number of nitrogens with one attached hydrogen (secondary N) is 1. The zero-order valence-corrected chi connectivity index (χ0v) is 14.0. The van der Waals surface area contributed by atoms with Crippen molar-refractivity contribution in [1.29, 1.82) is 0 Å².